The Morgan fingerprint density at radius 1 is 1.07 bits per heavy atom. The molecule has 2 atom stereocenters. The molecule has 14 heavy (non-hydrogen) atoms. The van der Waals surface area contributed by atoms with Crippen LogP contribution in [0.25, 0.3) is 0 Å². The molecule has 0 aliphatic heterocycles. The third-order valence-corrected chi connectivity index (χ3v) is 3.44. The Morgan fingerprint density at radius 2 is 1.50 bits per heavy atom. The summed E-state index contributed by atoms with van der Waals surface area (Å²) >= 11 is 0. The predicted octanol–water partition coefficient (Wildman–Crippen LogP) is 4.89. The molecule has 1 rings (SSSR count). The Labute approximate surface area is 90.5 Å². The Balaban J connectivity index is 2.63. The summed E-state index contributed by atoms with van der Waals surface area (Å²) in [6.07, 6.45) is 5.71. The topological polar surface area (TPSA) is 0 Å². The van der Waals surface area contributed by atoms with E-state index in [0.717, 1.165) is 11.8 Å². The zero-order valence-corrected chi connectivity index (χ0v) is 11.0. The molecule has 0 N–H and O–H groups in total. The average molecular weight is 196 g/mol. The first kappa shape index (κ1) is 12.1. The fourth-order valence-corrected chi connectivity index (χ4v) is 4.04. The molecule has 0 aromatic heterocycles. The van der Waals surface area contributed by atoms with Crippen molar-refractivity contribution in [3.05, 3.63) is 0 Å². The van der Waals surface area contributed by atoms with E-state index >= 15 is 0 Å². The van der Waals surface area contributed by atoms with Gasteiger partial charge < -0.3 is 0 Å². The van der Waals surface area contributed by atoms with Crippen molar-refractivity contribution in [1.29, 1.82) is 0 Å². The fourth-order valence-electron chi connectivity index (χ4n) is 4.04. The second kappa shape index (κ2) is 3.87. The molecule has 0 nitrogen and oxygen atoms in total. The third kappa shape index (κ3) is 3.63. The van der Waals surface area contributed by atoms with Gasteiger partial charge in [0.2, 0.25) is 0 Å². The second-order valence-electron chi connectivity index (χ2n) is 7.40. The van der Waals surface area contributed by atoms with Crippen molar-refractivity contribution in [1.82, 2.24) is 0 Å². The van der Waals surface area contributed by atoms with Crippen LogP contribution in [-0.4, -0.2) is 0 Å². The molecule has 0 heterocycles. The molecule has 0 heteroatoms. The minimum atomic E-state index is 0.492. The van der Waals surface area contributed by atoms with E-state index in [4.69, 9.17) is 0 Å². The summed E-state index contributed by atoms with van der Waals surface area (Å²) in [6.45, 7) is 14.5. The molecule has 2 unspecified atom stereocenters. The van der Waals surface area contributed by atoms with Crippen LogP contribution in [0, 0.1) is 22.7 Å². The van der Waals surface area contributed by atoms with E-state index in [-0.39, 0.29) is 0 Å². The monoisotopic (exact) mass is 196 g/mol. The lowest BCUT2D eigenvalue weighted by atomic mass is 9.62. The summed E-state index contributed by atoms with van der Waals surface area (Å²) in [5.74, 6) is 1.87. The molecule has 1 saturated carbocycles. The van der Waals surface area contributed by atoms with Gasteiger partial charge in [0.25, 0.3) is 0 Å². The molecule has 0 bridgehead atoms. The maximum Gasteiger partial charge on any atom is -0.0316 e. The van der Waals surface area contributed by atoms with E-state index in [1.165, 1.54) is 25.7 Å². The van der Waals surface area contributed by atoms with Crippen molar-refractivity contribution in [2.24, 2.45) is 22.7 Å². The van der Waals surface area contributed by atoms with Gasteiger partial charge in [-0.05, 0) is 48.3 Å². The Morgan fingerprint density at radius 3 is 1.86 bits per heavy atom. The molecule has 84 valence electrons. The highest BCUT2D eigenvalue weighted by atomic mass is 14.4. The van der Waals surface area contributed by atoms with Gasteiger partial charge in [-0.15, -0.1) is 0 Å². The first-order chi connectivity index (χ1) is 6.20. The smallest absolute Gasteiger partial charge is 0.0316 e. The van der Waals surface area contributed by atoms with Gasteiger partial charge >= 0.3 is 0 Å². The van der Waals surface area contributed by atoms with Crippen LogP contribution in [0.1, 0.15) is 67.2 Å². The van der Waals surface area contributed by atoms with Gasteiger partial charge in [-0.25, -0.2) is 0 Å². The lowest BCUT2D eigenvalue weighted by Crippen LogP contribution is -2.32. The average Bonchev–Trinajstić information content (AvgIpc) is 1.74. The van der Waals surface area contributed by atoms with E-state index in [1.54, 1.807) is 0 Å². The highest BCUT2D eigenvalue weighted by Crippen LogP contribution is 2.48. The molecule has 1 fully saturated rings. The summed E-state index contributed by atoms with van der Waals surface area (Å²) in [6, 6.07) is 0. The van der Waals surface area contributed by atoms with Gasteiger partial charge in [0.15, 0.2) is 0 Å². The van der Waals surface area contributed by atoms with Crippen LogP contribution >= 0.6 is 0 Å². The Bertz CT molecular complexity index is 175. The molecular weight excluding hydrogens is 168 g/mol. The third-order valence-electron chi connectivity index (χ3n) is 3.44. The van der Waals surface area contributed by atoms with Crippen LogP contribution in [0.15, 0.2) is 0 Å². The van der Waals surface area contributed by atoms with Crippen molar-refractivity contribution in [2.45, 2.75) is 67.2 Å². The van der Waals surface area contributed by atoms with Gasteiger partial charge in [0.1, 0.15) is 0 Å². The molecule has 0 spiro atoms. The van der Waals surface area contributed by atoms with E-state index in [2.05, 4.69) is 41.5 Å². The van der Waals surface area contributed by atoms with Gasteiger partial charge in [0, 0.05) is 0 Å². The molecule has 0 aromatic rings. The predicted molar refractivity (Wildman–Crippen MR) is 64.4 cm³/mol. The lowest BCUT2D eigenvalue weighted by molar-refractivity contribution is 0.0754. The summed E-state index contributed by atoms with van der Waals surface area (Å²) in [4.78, 5) is 0. The SMILES string of the molecule is CC1CC(C)CC(C)(CC(C)(C)C)C1. The fraction of sp³-hybridized carbons (Fsp3) is 1.00. The van der Waals surface area contributed by atoms with Crippen LogP contribution in [0.4, 0.5) is 0 Å². The zero-order valence-electron chi connectivity index (χ0n) is 11.0. The summed E-state index contributed by atoms with van der Waals surface area (Å²) < 4.78 is 0. The van der Waals surface area contributed by atoms with Crippen molar-refractivity contribution >= 4 is 0 Å². The largest absolute Gasteiger partial charge is 0.0625 e. The maximum atomic E-state index is 2.50. The quantitative estimate of drug-likeness (QED) is 0.560. The zero-order chi connectivity index (χ0) is 11.0. The number of rotatable bonds is 1. The second-order valence-corrected chi connectivity index (χ2v) is 7.40. The van der Waals surface area contributed by atoms with Crippen molar-refractivity contribution in [3.63, 3.8) is 0 Å². The molecule has 1 aliphatic carbocycles. The normalized spacial score (nSPS) is 39.9. The highest BCUT2D eigenvalue weighted by molar-refractivity contribution is 4.87. The minimum Gasteiger partial charge on any atom is -0.0625 e. The first-order valence-corrected chi connectivity index (χ1v) is 6.20. The van der Waals surface area contributed by atoms with Crippen LogP contribution in [0.2, 0.25) is 0 Å². The summed E-state index contributed by atoms with van der Waals surface area (Å²) in [5.41, 5.74) is 1.10. The standard InChI is InChI=1S/C14H28/c1-11-7-12(2)9-14(6,8-11)10-13(3,4)5/h11-12H,7-10H2,1-6H3. The minimum absolute atomic E-state index is 0.492. The Hall–Kier alpha value is 0. The number of hydrogen-bond acceptors (Lipinski definition) is 0. The molecule has 0 amide bonds. The van der Waals surface area contributed by atoms with Gasteiger partial charge in [-0.2, -0.15) is 0 Å². The first-order valence-electron chi connectivity index (χ1n) is 6.20. The van der Waals surface area contributed by atoms with Crippen molar-refractivity contribution in [2.75, 3.05) is 0 Å². The lowest BCUT2D eigenvalue weighted by Gasteiger charge is -2.43. The van der Waals surface area contributed by atoms with Crippen LogP contribution < -0.4 is 0 Å². The van der Waals surface area contributed by atoms with Crippen molar-refractivity contribution < 1.29 is 0 Å². The molecule has 0 aromatic carbocycles. The van der Waals surface area contributed by atoms with Crippen LogP contribution in [0.5, 0.6) is 0 Å². The van der Waals surface area contributed by atoms with E-state index < -0.39 is 0 Å². The molecule has 0 saturated heterocycles. The number of hydrogen-bond donors (Lipinski definition) is 0. The van der Waals surface area contributed by atoms with E-state index in [0.29, 0.717) is 10.8 Å². The van der Waals surface area contributed by atoms with Crippen LogP contribution in [-0.2, 0) is 0 Å². The molecular formula is C14H28. The summed E-state index contributed by atoms with van der Waals surface area (Å²) in [5, 5.41) is 0. The van der Waals surface area contributed by atoms with Crippen LogP contribution in [0.3, 0.4) is 0 Å². The molecule has 0 radical (unpaired) electrons. The van der Waals surface area contributed by atoms with Gasteiger partial charge in [-0.3, -0.25) is 0 Å². The van der Waals surface area contributed by atoms with E-state index in [1.807, 2.05) is 0 Å². The van der Waals surface area contributed by atoms with Gasteiger partial charge in [0.05, 0.1) is 0 Å². The van der Waals surface area contributed by atoms with E-state index in [9.17, 15) is 0 Å². The van der Waals surface area contributed by atoms with Gasteiger partial charge in [-0.1, -0.05) is 41.5 Å². The summed E-state index contributed by atoms with van der Waals surface area (Å²) in [7, 11) is 0. The maximum absolute atomic E-state index is 2.50. The highest BCUT2D eigenvalue weighted by Gasteiger charge is 2.36. The molecule has 1 aliphatic rings. The van der Waals surface area contributed by atoms with Crippen molar-refractivity contribution in [3.8, 4) is 0 Å². The Kier molecular flexibility index (Phi) is 3.33.